The van der Waals surface area contributed by atoms with Crippen LogP contribution in [0.25, 0.3) is 11.4 Å². The molecule has 0 aliphatic rings. The second-order valence-corrected chi connectivity index (χ2v) is 5.86. The largest absolute Gasteiger partial charge is 0.497 e. The van der Waals surface area contributed by atoms with Crippen molar-refractivity contribution in [2.75, 3.05) is 7.11 Å². The minimum absolute atomic E-state index is 0.0573. The number of hydrogen-bond acceptors (Lipinski definition) is 5. The highest BCUT2D eigenvalue weighted by Gasteiger charge is 2.16. The minimum atomic E-state index is -0.229. The van der Waals surface area contributed by atoms with Crippen molar-refractivity contribution in [3.8, 4) is 17.1 Å². The monoisotopic (exact) mass is 358 g/mol. The minimum Gasteiger partial charge on any atom is -0.497 e. The van der Waals surface area contributed by atoms with Gasteiger partial charge in [0.15, 0.2) is 10.6 Å². The number of methoxy groups -OCH3 is 1. The summed E-state index contributed by atoms with van der Waals surface area (Å²) < 4.78 is 12.5. The van der Waals surface area contributed by atoms with Crippen molar-refractivity contribution in [2.45, 2.75) is 19.5 Å². The molecule has 1 atom stereocenters. The van der Waals surface area contributed by atoms with Crippen molar-refractivity contribution in [3.05, 3.63) is 53.2 Å². The van der Waals surface area contributed by atoms with Crippen molar-refractivity contribution in [2.24, 2.45) is 0 Å². The van der Waals surface area contributed by atoms with Crippen molar-refractivity contribution < 1.29 is 13.9 Å². The van der Waals surface area contributed by atoms with Gasteiger partial charge in [0.05, 0.1) is 19.4 Å². The molecule has 0 aliphatic carbocycles. The fraction of sp³-hybridized carbons (Fsp3) is 0.235. The maximum absolute atomic E-state index is 12.4. The maximum Gasteiger partial charge on any atom is 0.240 e. The van der Waals surface area contributed by atoms with Crippen LogP contribution in [0.2, 0.25) is 0 Å². The van der Waals surface area contributed by atoms with Crippen LogP contribution in [0.1, 0.15) is 18.7 Å². The van der Waals surface area contributed by atoms with E-state index in [1.54, 1.807) is 24.0 Å². The number of ether oxygens (including phenoxy) is 1. The Morgan fingerprint density at radius 2 is 2.16 bits per heavy atom. The highest BCUT2D eigenvalue weighted by atomic mass is 32.1. The van der Waals surface area contributed by atoms with E-state index in [1.807, 2.05) is 37.3 Å². The van der Waals surface area contributed by atoms with Crippen LogP contribution in [0.5, 0.6) is 5.75 Å². The van der Waals surface area contributed by atoms with E-state index in [0.29, 0.717) is 16.4 Å². The van der Waals surface area contributed by atoms with E-state index in [1.165, 1.54) is 0 Å². The molecule has 7 nitrogen and oxygen atoms in total. The van der Waals surface area contributed by atoms with E-state index in [0.717, 1.165) is 11.3 Å². The Morgan fingerprint density at radius 3 is 2.80 bits per heavy atom. The molecule has 1 aromatic carbocycles. The zero-order chi connectivity index (χ0) is 17.8. The van der Waals surface area contributed by atoms with Crippen molar-refractivity contribution in [3.63, 3.8) is 0 Å². The summed E-state index contributed by atoms with van der Waals surface area (Å²) in [5, 5.41) is 9.85. The van der Waals surface area contributed by atoms with Crippen molar-refractivity contribution in [1.29, 1.82) is 0 Å². The smallest absolute Gasteiger partial charge is 0.240 e. The molecule has 1 amide bonds. The number of benzene rings is 1. The number of hydrogen-bond donors (Lipinski definition) is 2. The standard InChI is InChI=1S/C17H18N4O3S/c1-11(14-4-3-9-24-14)18-15(22)10-21-16(19-20-17(21)25)12-5-7-13(23-2)8-6-12/h3-9,11H,10H2,1-2H3,(H,18,22)(H,20,25). The molecule has 3 aromatic rings. The van der Waals surface area contributed by atoms with Gasteiger partial charge in [0.1, 0.15) is 18.1 Å². The van der Waals surface area contributed by atoms with Gasteiger partial charge in [-0.1, -0.05) is 0 Å². The van der Waals surface area contributed by atoms with Crippen LogP contribution >= 0.6 is 12.2 Å². The Kier molecular flexibility index (Phi) is 4.99. The molecule has 0 fully saturated rings. The molecule has 130 valence electrons. The first kappa shape index (κ1) is 17.0. The summed E-state index contributed by atoms with van der Waals surface area (Å²) in [5.74, 6) is 1.85. The fourth-order valence-electron chi connectivity index (χ4n) is 2.46. The number of carbonyl (C=O) groups is 1. The van der Waals surface area contributed by atoms with Crippen LogP contribution in [0.4, 0.5) is 0 Å². The van der Waals surface area contributed by atoms with Gasteiger partial charge in [-0.05, 0) is 55.5 Å². The molecule has 8 heteroatoms. The number of H-pyrrole nitrogens is 1. The predicted molar refractivity (Wildman–Crippen MR) is 94.7 cm³/mol. The van der Waals surface area contributed by atoms with Crippen LogP contribution in [-0.2, 0) is 11.3 Å². The summed E-state index contributed by atoms with van der Waals surface area (Å²) in [6.07, 6.45) is 1.58. The zero-order valence-electron chi connectivity index (χ0n) is 13.9. The number of aromatic nitrogens is 3. The normalized spacial score (nSPS) is 11.9. The number of carbonyl (C=O) groups excluding carboxylic acids is 1. The Morgan fingerprint density at radius 1 is 1.40 bits per heavy atom. The average molecular weight is 358 g/mol. The summed E-state index contributed by atoms with van der Waals surface area (Å²) in [6, 6.07) is 10.8. The molecule has 25 heavy (non-hydrogen) atoms. The van der Waals surface area contributed by atoms with Gasteiger partial charge in [-0.25, -0.2) is 0 Å². The molecule has 2 aromatic heterocycles. The lowest BCUT2D eigenvalue weighted by atomic mass is 10.2. The van der Waals surface area contributed by atoms with E-state index in [2.05, 4.69) is 15.5 Å². The highest BCUT2D eigenvalue weighted by Crippen LogP contribution is 2.21. The van der Waals surface area contributed by atoms with Crippen molar-refractivity contribution >= 4 is 18.1 Å². The van der Waals surface area contributed by atoms with Gasteiger partial charge in [-0.15, -0.1) is 0 Å². The zero-order valence-corrected chi connectivity index (χ0v) is 14.7. The molecule has 0 radical (unpaired) electrons. The summed E-state index contributed by atoms with van der Waals surface area (Å²) >= 11 is 5.25. The molecule has 0 spiro atoms. The molecule has 2 heterocycles. The molecule has 2 N–H and O–H groups in total. The Balaban J connectivity index is 1.77. The highest BCUT2D eigenvalue weighted by molar-refractivity contribution is 7.71. The lowest BCUT2D eigenvalue weighted by molar-refractivity contribution is -0.122. The van der Waals surface area contributed by atoms with Crippen LogP contribution in [0.3, 0.4) is 0 Å². The molecule has 0 aliphatic heterocycles. The molecular weight excluding hydrogens is 340 g/mol. The first-order chi connectivity index (χ1) is 12.1. The van der Waals surface area contributed by atoms with E-state index >= 15 is 0 Å². The maximum atomic E-state index is 12.4. The third-order valence-electron chi connectivity index (χ3n) is 3.76. The van der Waals surface area contributed by atoms with E-state index in [4.69, 9.17) is 21.4 Å². The van der Waals surface area contributed by atoms with Gasteiger partial charge >= 0.3 is 0 Å². The number of nitrogens with zero attached hydrogens (tertiary/aromatic N) is 2. The fourth-order valence-corrected chi connectivity index (χ4v) is 2.66. The van der Waals surface area contributed by atoms with Crippen LogP contribution in [0.15, 0.2) is 47.1 Å². The molecular formula is C17H18N4O3S. The van der Waals surface area contributed by atoms with E-state index < -0.39 is 0 Å². The quantitative estimate of drug-likeness (QED) is 0.662. The number of nitrogens with one attached hydrogen (secondary N) is 2. The Hall–Kier alpha value is -2.87. The average Bonchev–Trinajstić information content (AvgIpc) is 3.26. The van der Waals surface area contributed by atoms with Gasteiger partial charge in [-0.2, -0.15) is 5.10 Å². The molecule has 0 bridgehead atoms. The summed E-state index contributed by atoms with van der Waals surface area (Å²) in [5.41, 5.74) is 0.833. The number of amides is 1. The van der Waals surface area contributed by atoms with Crippen LogP contribution in [-0.4, -0.2) is 27.8 Å². The topological polar surface area (TPSA) is 85.1 Å². The first-order valence-corrected chi connectivity index (χ1v) is 8.11. The second kappa shape index (κ2) is 7.35. The van der Waals surface area contributed by atoms with Crippen LogP contribution < -0.4 is 10.1 Å². The third-order valence-corrected chi connectivity index (χ3v) is 4.07. The van der Waals surface area contributed by atoms with Crippen molar-refractivity contribution in [1.82, 2.24) is 20.1 Å². The Bertz CT molecular complexity index is 897. The SMILES string of the molecule is COc1ccc(-c2n[nH]c(=S)n2CC(=O)NC(C)c2ccco2)cc1. The lowest BCUT2D eigenvalue weighted by Crippen LogP contribution is -2.30. The molecule has 1 unspecified atom stereocenters. The Labute approximate surface area is 149 Å². The van der Waals surface area contributed by atoms with Gasteiger partial charge in [-0.3, -0.25) is 14.5 Å². The molecule has 0 saturated carbocycles. The van der Waals surface area contributed by atoms with Crippen LogP contribution in [0, 0.1) is 4.77 Å². The molecule has 3 rings (SSSR count). The lowest BCUT2D eigenvalue weighted by Gasteiger charge is -2.12. The van der Waals surface area contributed by atoms with Gasteiger partial charge in [0.25, 0.3) is 0 Å². The number of rotatable bonds is 6. The van der Waals surface area contributed by atoms with E-state index in [9.17, 15) is 4.79 Å². The summed E-state index contributed by atoms with van der Waals surface area (Å²) in [4.78, 5) is 12.4. The second-order valence-electron chi connectivity index (χ2n) is 5.47. The van der Waals surface area contributed by atoms with Gasteiger partial charge in [0.2, 0.25) is 5.91 Å². The number of furan rings is 1. The van der Waals surface area contributed by atoms with Gasteiger partial charge in [0, 0.05) is 5.56 Å². The van der Waals surface area contributed by atoms with E-state index in [-0.39, 0.29) is 18.5 Å². The first-order valence-electron chi connectivity index (χ1n) is 7.71. The molecule has 0 saturated heterocycles. The number of aromatic amines is 1. The third kappa shape index (κ3) is 3.80. The summed E-state index contributed by atoms with van der Waals surface area (Å²) in [6.45, 7) is 1.91. The summed E-state index contributed by atoms with van der Waals surface area (Å²) in [7, 11) is 1.61. The predicted octanol–water partition coefficient (Wildman–Crippen LogP) is 3.09. The van der Waals surface area contributed by atoms with Gasteiger partial charge < -0.3 is 14.5 Å².